The van der Waals surface area contributed by atoms with Crippen molar-refractivity contribution in [3.63, 3.8) is 0 Å². The molecule has 0 fully saturated rings. The molecule has 0 aromatic heterocycles. The molecular weight excluding hydrogens is 366 g/mol. The van der Waals surface area contributed by atoms with Gasteiger partial charge in [-0.05, 0) is 31.2 Å². The molecule has 3 N–H and O–H groups in total. The van der Waals surface area contributed by atoms with Crippen LogP contribution >= 0.6 is 0 Å². The second-order valence-electron chi connectivity index (χ2n) is 5.30. The summed E-state index contributed by atoms with van der Waals surface area (Å²) in [6, 6.07) is 13.2. The van der Waals surface area contributed by atoms with Crippen molar-refractivity contribution in [3.8, 4) is 11.5 Å². The molecular formula is C19H19N3O6. The normalized spacial score (nSPS) is 10.3. The van der Waals surface area contributed by atoms with Crippen LogP contribution in [-0.4, -0.2) is 42.3 Å². The first-order valence-electron chi connectivity index (χ1n) is 8.31. The van der Waals surface area contributed by atoms with E-state index in [2.05, 4.69) is 15.8 Å². The zero-order valence-electron chi connectivity index (χ0n) is 15.0. The molecule has 0 saturated heterocycles. The molecule has 2 aromatic rings. The van der Waals surface area contributed by atoms with E-state index in [9.17, 15) is 14.4 Å². The van der Waals surface area contributed by atoms with Crippen LogP contribution in [0.15, 0.2) is 53.6 Å². The Morgan fingerprint density at radius 3 is 2.39 bits per heavy atom. The van der Waals surface area contributed by atoms with Gasteiger partial charge in [0.1, 0.15) is 11.5 Å². The second kappa shape index (κ2) is 10.3. The van der Waals surface area contributed by atoms with Crippen molar-refractivity contribution in [1.29, 1.82) is 0 Å². The standard InChI is InChI=1S/C19H19N3O6/c1-2-27-16-10-6-4-8-14(16)21-18(25)19(26)22-20-11-13-7-3-5-9-15(13)28-12-17(23)24/h3-11H,2,12H2,1H3,(H,21,25)(H,22,26)(H,23,24)/b20-11-. The van der Waals surface area contributed by atoms with E-state index < -0.39 is 24.4 Å². The van der Waals surface area contributed by atoms with Gasteiger partial charge in [-0.3, -0.25) is 9.59 Å². The zero-order valence-corrected chi connectivity index (χ0v) is 15.0. The lowest BCUT2D eigenvalue weighted by Crippen LogP contribution is -2.32. The predicted molar refractivity (Wildman–Crippen MR) is 102 cm³/mol. The number of nitrogens with zero attached hydrogens (tertiary/aromatic N) is 1. The Labute approximate surface area is 161 Å². The molecule has 0 spiro atoms. The van der Waals surface area contributed by atoms with E-state index in [-0.39, 0.29) is 5.75 Å². The number of carbonyl (C=O) groups excluding carboxylic acids is 2. The van der Waals surface area contributed by atoms with Gasteiger partial charge in [0.15, 0.2) is 6.61 Å². The fourth-order valence-electron chi connectivity index (χ4n) is 2.10. The van der Waals surface area contributed by atoms with Gasteiger partial charge in [-0.1, -0.05) is 24.3 Å². The Bertz CT molecular complexity index is 881. The van der Waals surface area contributed by atoms with Crippen LogP contribution in [-0.2, 0) is 14.4 Å². The van der Waals surface area contributed by atoms with Crippen molar-refractivity contribution in [3.05, 3.63) is 54.1 Å². The number of rotatable bonds is 8. The van der Waals surface area contributed by atoms with Gasteiger partial charge in [-0.2, -0.15) is 5.10 Å². The summed E-state index contributed by atoms with van der Waals surface area (Å²) in [5.74, 6) is -2.30. The number of ether oxygens (including phenoxy) is 2. The third-order valence-corrected chi connectivity index (χ3v) is 3.28. The fourth-order valence-corrected chi connectivity index (χ4v) is 2.10. The van der Waals surface area contributed by atoms with Gasteiger partial charge in [-0.15, -0.1) is 0 Å². The van der Waals surface area contributed by atoms with E-state index in [1.54, 1.807) is 55.5 Å². The Kier molecular flexibility index (Phi) is 7.53. The topological polar surface area (TPSA) is 126 Å². The molecule has 0 unspecified atom stereocenters. The third-order valence-electron chi connectivity index (χ3n) is 3.28. The van der Waals surface area contributed by atoms with Gasteiger partial charge in [0.05, 0.1) is 18.5 Å². The quantitative estimate of drug-likeness (QED) is 0.360. The molecule has 9 heteroatoms. The van der Waals surface area contributed by atoms with Crippen molar-refractivity contribution < 1.29 is 29.0 Å². The lowest BCUT2D eigenvalue weighted by molar-refractivity contribution is -0.139. The van der Waals surface area contributed by atoms with Gasteiger partial charge in [-0.25, -0.2) is 10.2 Å². The maximum atomic E-state index is 12.0. The monoisotopic (exact) mass is 385 g/mol. The Morgan fingerprint density at radius 2 is 1.68 bits per heavy atom. The van der Waals surface area contributed by atoms with E-state index in [1.165, 1.54) is 6.21 Å². The first kappa shape index (κ1) is 20.4. The molecule has 28 heavy (non-hydrogen) atoms. The van der Waals surface area contributed by atoms with Crippen LogP contribution in [0, 0.1) is 0 Å². The lowest BCUT2D eigenvalue weighted by Gasteiger charge is -2.10. The van der Waals surface area contributed by atoms with Crippen molar-refractivity contribution in [2.75, 3.05) is 18.5 Å². The number of aliphatic carboxylic acids is 1. The van der Waals surface area contributed by atoms with Gasteiger partial charge in [0.25, 0.3) is 0 Å². The molecule has 2 amide bonds. The van der Waals surface area contributed by atoms with Gasteiger partial charge in [0.2, 0.25) is 0 Å². The minimum Gasteiger partial charge on any atom is -0.492 e. The summed E-state index contributed by atoms with van der Waals surface area (Å²) in [4.78, 5) is 34.5. The van der Waals surface area contributed by atoms with Crippen LogP contribution in [0.5, 0.6) is 11.5 Å². The third kappa shape index (κ3) is 6.13. The van der Waals surface area contributed by atoms with Crippen LogP contribution in [0.3, 0.4) is 0 Å². The van der Waals surface area contributed by atoms with Crippen molar-refractivity contribution in [1.82, 2.24) is 5.43 Å². The van der Waals surface area contributed by atoms with Crippen molar-refractivity contribution >= 4 is 29.7 Å². The highest BCUT2D eigenvalue weighted by molar-refractivity contribution is 6.39. The van der Waals surface area contributed by atoms with E-state index in [0.29, 0.717) is 23.6 Å². The van der Waals surface area contributed by atoms with E-state index >= 15 is 0 Å². The summed E-state index contributed by atoms with van der Waals surface area (Å²) < 4.78 is 10.5. The molecule has 0 atom stereocenters. The van der Waals surface area contributed by atoms with Crippen LogP contribution in [0.1, 0.15) is 12.5 Å². The molecule has 9 nitrogen and oxygen atoms in total. The number of carbonyl (C=O) groups is 3. The van der Waals surface area contributed by atoms with Gasteiger partial charge in [0, 0.05) is 5.56 Å². The van der Waals surface area contributed by atoms with E-state index in [4.69, 9.17) is 14.6 Å². The number of hydrogen-bond acceptors (Lipinski definition) is 6. The average molecular weight is 385 g/mol. The number of hydrazone groups is 1. The fraction of sp³-hybridized carbons (Fsp3) is 0.158. The van der Waals surface area contributed by atoms with E-state index in [0.717, 1.165) is 0 Å². The first-order chi connectivity index (χ1) is 13.5. The molecule has 0 aliphatic carbocycles. The van der Waals surface area contributed by atoms with Gasteiger partial charge < -0.3 is 19.9 Å². The highest BCUT2D eigenvalue weighted by Gasteiger charge is 2.15. The number of carboxylic acids is 1. The second-order valence-corrected chi connectivity index (χ2v) is 5.30. The highest BCUT2D eigenvalue weighted by atomic mass is 16.5. The summed E-state index contributed by atoms with van der Waals surface area (Å²) in [6.07, 6.45) is 1.25. The maximum absolute atomic E-state index is 12.0. The SMILES string of the molecule is CCOc1ccccc1NC(=O)C(=O)N/N=C\c1ccccc1OCC(=O)O. The van der Waals surface area contributed by atoms with Gasteiger partial charge >= 0.3 is 17.8 Å². The number of nitrogens with one attached hydrogen (secondary N) is 2. The zero-order chi connectivity index (χ0) is 20.4. The summed E-state index contributed by atoms with van der Waals surface area (Å²) in [6.45, 7) is 1.70. The number of benzene rings is 2. The molecule has 2 rings (SSSR count). The van der Waals surface area contributed by atoms with Crippen LogP contribution in [0.4, 0.5) is 5.69 Å². The Morgan fingerprint density at radius 1 is 1.00 bits per heavy atom. The highest BCUT2D eigenvalue weighted by Crippen LogP contribution is 2.23. The Hall–Kier alpha value is -3.88. The number of anilines is 1. The van der Waals surface area contributed by atoms with Crippen LogP contribution in [0.25, 0.3) is 0 Å². The molecule has 0 heterocycles. The largest absolute Gasteiger partial charge is 0.492 e. The Balaban J connectivity index is 1.97. The molecule has 0 saturated carbocycles. The van der Waals surface area contributed by atoms with E-state index in [1.807, 2.05) is 0 Å². The predicted octanol–water partition coefficient (Wildman–Crippen LogP) is 1.64. The lowest BCUT2D eigenvalue weighted by atomic mass is 10.2. The molecule has 0 bridgehead atoms. The average Bonchev–Trinajstić information content (AvgIpc) is 2.68. The summed E-state index contributed by atoms with van der Waals surface area (Å²) in [7, 11) is 0. The van der Waals surface area contributed by atoms with Crippen molar-refractivity contribution in [2.24, 2.45) is 5.10 Å². The smallest absolute Gasteiger partial charge is 0.341 e. The summed E-state index contributed by atoms with van der Waals surface area (Å²) >= 11 is 0. The molecule has 146 valence electrons. The summed E-state index contributed by atoms with van der Waals surface area (Å²) in [5, 5.41) is 14.8. The number of carboxylic acid groups (broad SMARTS) is 1. The van der Waals surface area contributed by atoms with Crippen LogP contribution < -0.4 is 20.2 Å². The molecule has 0 radical (unpaired) electrons. The molecule has 0 aliphatic heterocycles. The van der Waals surface area contributed by atoms with Crippen LogP contribution in [0.2, 0.25) is 0 Å². The number of hydrogen-bond donors (Lipinski definition) is 3. The molecule has 2 aromatic carbocycles. The minimum absolute atomic E-state index is 0.276. The number of para-hydroxylation sites is 3. The minimum atomic E-state index is -1.12. The molecule has 0 aliphatic rings. The van der Waals surface area contributed by atoms with Crippen molar-refractivity contribution in [2.45, 2.75) is 6.92 Å². The summed E-state index contributed by atoms with van der Waals surface area (Å²) in [5.41, 5.74) is 2.90. The maximum Gasteiger partial charge on any atom is 0.341 e. The first-order valence-corrected chi connectivity index (χ1v) is 8.31. The number of amides is 2.